The minimum atomic E-state index is -1.07. The Morgan fingerprint density at radius 3 is 2.40 bits per heavy atom. The van der Waals surface area contributed by atoms with Crippen molar-refractivity contribution < 1.29 is 19.4 Å². The van der Waals surface area contributed by atoms with Gasteiger partial charge < -0.3 is 14.6 Å². The van der Waals surface area contributed by atoms with Crippen LogP contribution >= 0.6 is 11.6 Å². The maximum absolute atomic E-state index is 11.1. The molecule has 0 aromatic heterocycles. The Kier molecular flexibility index (Phi) is 4.48. The van der Waals surface area contributed by atoms with Crippen LogP contribution in [0.1, 0.15) is 17.3 Å². The zero-order valence-electron chi connectivity index (χ0n) is 10.8. The van der Waals surface area contributed by atoms with E-state index in [9.17, 15) is 4.79 Å². The molecule has 0 unspecified atom stereocenters. The van der Waals surface area contributed by atoms with Gasteiger partial charge in [-0.3, -0.25) is 0 Å². The van der Waals surface area contributed by atoms with Crippen LogP contribution in [-0.4, -0.2) is 17.7 Å². The summed E-state index contributed by atoms with van der Waals surface area (Å²) in [6.07, 6.45) is 0. The SMILES string of the molecule is CCOc1ccc(Oc2cc(Cl)ccc2C(=O)O)cc1. The highest BCUT2D eigenvalue weighted by molar-refractivity contribution is 6.30. The largest absolute Gasteiger partial charge is 0.494 e. The number of halogens is 1. The Labute approximate surface area is 121 Å². The van der Waals surface area contributed by atoms with Gasteiger partial charge in [0.1, 0.15) is 22.8 Å². The third-order valence-corrected chi connectivity index (χ3v) is 2.77. The third kappa shape index (κ3) is 3.42. The first kappa shape index (κ1) is 14.2. The lowest BCUT2D eigenvalue weighted by Gasteiger charge is -2.10. The summed E-state index contributed by atoms with van der Waals surface area (Å²) in [4.78, 5) is 11.1. The van der Waals surface area contributed by atoms with Crippen molar-refractivity contribution in [2.45, 2.75) is 6.92 Å². The predicted molar refractivity (Wildman–Crippen MR) is 76.1 cm³/mol. The summed E-state index contributed by atoms with van der Waals surface area (Å²) in [7, 11) is 0. The summed E-state index contributed by atoms with van der Waals surface area (Å²) in [5.41, 5.74) is 0.0586. The van der Waals surface area contributed by atoms with Crippen LogP contribution in [0.3, 0.4) is 0 Å². The fraction of sp³-hybridized carbons (Fsp3) is 0.133. The molecule has 0 saturated carbocycles. The van der Waals surface area contributed by atoms with Crippen LogP contribution in [-0.2, 0) is 0 Å². The highest BCUT2D eigenvalue weighted by Crippen LogP contribution is 2.29. The highest BCUT2D eigenvalue weighted by atomic mass is 35.5. The molecule has 1 N–H and O–H groups in total. The first-order valence-electron chi connectivity index (χ1n) is 6.03. The van der Waals surface area contributed by atoms with Crippen molar-refractivity contribution in [1.82, 2.24) is 0 Å². The molecule has 0 aliphatic carbocycles. The molecule has 4 nitrogen and oxygen atoms in total. The summed E-state index contributed by atoms with van der Waals surface area (Å²) in [6.45, 7) is 2.48. The molecule has 0 atom stereocenters. The average molecular weight is 293 g/mol. The van der Waals surface area contributed by atoms with Gasteiger partial charge in [0, 0.05) is 11.1 Å². The van der Waals surface area contributed by atoms with Crippen molar-refractivity contribution in [3.8, 4) is 17.2 Å². The number of carboxylic acid groups (broad SMARTS) is 1. The monoisotopic (exact) mass is 292 g/mol. The molecule has 0 radical (unpaired) electrons. The molecule has 0 saturated heterocycles. The molecule has 0 spiro atoms. The third-order valence-electron chi connectivity index (χ3n) is 2.54. The first-order valence-corrected chi connectivity index (χ1v) is 6.41. The van der Waals surface area contributed by atoms with E-state index < -0.39 is 5.97 Å². The molecule has 104 valence electrons. The molecule has 0 amide bonds. The van der Waals surface area contributed by atoms with Crippen LogP contribution in [0.25, 0.3) is 0 Å². The van der Waals surface area contributed by atoms with Gasteiger partial charge >= 0.3 is 5.97 Å². The minimum Gasteiger partial charge on any atom is -0.494 e. The Morgan fingerprint density at radius 1 is 1.15 bits per heavy atom. The van der Waals surface area contributed by atoms with Crippen molar-refractivity contribution in [2.75, 3.05) is 6.61 Å². The van der Waals surface area contributed by atoms with Gasteiger partial charge in [-0.05, 0) is 43.3 Å². The van der Waals surface area contributed by atoms with Crippen LogP contribution < -0.4 is 9.47 Å². The number of rotatable bonds is 5. The van der Waals surface area contributed by atoms with E-state index in [0.29, 0.717) is 17.4 Å². The lowest BCUT2D eigenvalue weighted by Crippen LogP contribution is -2.00. The molecule has 5 heteroatoms. The van der Waals surface area contributed by atoms with Gasteiger partial charge in [0.25, 0.3) is 0 Å². The number of carboxylic acids is 1. The van der Waals surface area contributed by atoms with Crippen molar-refractivity contribution in [1.29, 1.82) is 0 Å². The normalized spacial score (nSPS) is 10.1. The second-order valence-corrected chi connectivity index (χ2v) is 4.39. The second kappa shape index (κ2) is 6.30. The zero-order chi connectivity index (χ0) is 14.5. The molecular formula is C15H13ClO4. The number of benzene rings is 2. The predicted octanol–water partition coefficient (Wildman–Crippen LogP) is 4.23. The molecule has 0 heterocycles. The summed E-state index contributed by atoms with van der Waals surface area (Å²) in [6, 6.07) is 11.3. The Morgan fingerprint density at radius 2 is 1.80 bits per heavy atom. The van der Waals surface area contributed by atoms with E-state index in [4.69, 9.17) is 26.2 Å². The number of ether oxygens (including phenoxy) is 2. The summed E-state index contributed by atoms with van der Waals surface area (Å²) in [5, 5.41) is 9.52. The molecule has 2 aromatic rings. The van der Waals surface area contributed by atoms with Gasteiger partial charge in [-0.1, -0.05) is 11.6 Å². The van der Waals surface area contributed by atoms with Gasteiger partial charge in [0.2, 0.25) is 0 Å². The van der Waals surface area contributed by atoms with E-state index >= 15 is 0 Å². The van der Waals surface area contributed by atoms with Gasteiger partial charge in [0.05, 0.1) is 6.61 Å². The molecule has 0 aliphatic heterocycles. The molecular weight excluding hydrogens is 280 g/mol. The first-order chi connectivity index (χ1) is 9.60. The van der Waals surface area contributed by atoms with E-state index in [1.165, 1.54) is 18.2 Å². The maximum Gasteiger partial charge on any atom is 0.339 e. The fourth-order valence-electron chi connectivity index (χ4n) is 1.65. The van der Waals surface area contributed by atoms with Gasteiger partial charge in [0.15, 0.2) is 0 Å². The average Bonchev–Trinajstić information content (AvgIpc) is 2.41. The minimum absolute atomic E-state index is 0.0586. The number of carbonyl (C=O) groups is 1. The second-order valence-electron chi connectivity index (χ2n) is 3.95. The topological polar surface area (TPSA) is 55.8 Å². The smallest absolute Gasteiger partial charge is 0.339 e. The van der Waals surface area contributed by atoms with Crippen LogP contribution in [0.4, 0.5) is 0 Å². The van der Waals surface area contributed by atoms with Crippen LogP contribution in [0.15, 0.2) is 42.5 Å². The molecule has 0 aliphatic rings. The van der Waals surface area contributed by atoms with Crippen molar-refractivity contribution in [2.24, 2.45) is 0 Å². The Bertz CT molecular complexity index is 608. The fourth-order valence-corrected chi connectivity index (χ4v) is 1.82. The molecule has 0 fully saturated rings. The van der Waals surface area contributed by atoms with Gasteiger partial charge in [-0.25, -0.2) is 4.79 Å². The van der Waals surface area contributed by atoms with Crippen molar-refractivity contribution in [3.05, 3.63) is 53.1 Å². The van der Waals surface area contributed by atoms with E-state index in [1.807, 2.05) is 6.92 Å². The summed E-state index contributed by atoms with van der Waals surface area (Å²) in [5.74, 6) is 0.374. The van der Waals surface area contributed by atoms with Gasteiger partial charge in [-0.2, -0.15) is 0 Å². The lowest BCUT2D eigenvalue weighted by atomic mass is 10.2. The van der Waals surface area contributed by atoms with Crippen LogP contribution in [0.2, 0.25) is 5.02 Å². The van der Waals surface area contributed by atoms with Crippen molar-refractivity contribution >= 4 is 17.6 Å². The van der Waals surface area contributed by atoms with Gasteiger partial charge in [-0.15, -0.1) is 0 Å². The molecule has 2 aromatic carbocycles. The molecule has 20 heavy (non-hydrogen) atoms. The van der Waals surface area contributed by atoms with Crippen LogP contribution in [0, 0.1) is 0 Å². The van der Waals surface area contributed by atoms with E-state index in [-0.39, 0.29) is 11.3 Å². The zero-order valence-corrected chi connectivity index (χ0v) is 11.6. The Balaban J connectivity index is 2.25. The lowest BCUT2D eigenvalue weighted by molar-refractivity contribution is 0.0694. The Hall–Kier alpha value is -2.20. The molecule has 0 bridgehead atoms. The standard InChI is InChI=1S/C15H13ClO4/c1-2-19-11-4-6-12(7-5-11)20-14-9-10(16)3-8-13(14)15(17)18/h3-9H,2H2,1H3,(H,17,18). The number of aromatic carboxylic acids is 1. The van der Waals surface area contributed by atoms with E-state index in [0.717, 1.165) is 5.75 Å². The highest BCUT2D eigenvalue weighted by Gasteiger charge is 2.12. The van der Waals surface area contributed by atoms with E-state index in [1.54, 1.807) is 24.3 Å². The van der Waals surface area contributed by atoms with Crippen LogP contribution in [0.5, 0.6) is 17.2 Å². The maximum atomic E-state index is 11.1. The number of hydrogen-bond acceptors (Lipinski definition) is 3. The van der Waals surface area contributed by atoms with E-state index in [2.05, 4.69) is 0 Å². The number of hydrogen-bond donors (Lipinski definition) is 1. The van der Waals surface area contributed by atoms with Crippen molar-refractivity contribution in [3.63, 3.8) is 0 Å². The quantitative estimate of drug-likeness (QED) is 0.896. The summed E-state index contributed by atoms with van der Waals surface area (Å²) < 4.78 is 10.9. The molecule has 2 rings (SSSR count). The summed E-state index contributed by atoms with van der Waals surface area (Å²) >= 11 is 5.86.